The first kappa shape index (κ1) is 17.3. The molecular weight excluding hydrogens is 356 g/mol. The predicted molar refractivity (Wildman–Crippen MR) is 107 cm³/mol. The molecule has 0 saturated carbocycles. The number of carbonyl (C=O) groups is 1. The Morgan fingerprint density at radius 2 is 1.93 bits per heavy atom. The summed E-state index contributed by atoms with van der Waals surface area (Å²) in [6.07, 6.45) is 0.381. The Morgan fingerprint density at radius 1 is 1.22 bits per heavy atom. The minimum Gasteiger partial charge on any atom is -0.352 e. The first-order valence-electron chi connectivity index (χ1n) is 9.83. The Morgan fingerprint density at radius 3 is 2.56 bits per heavy atom. The third kappa shape index (κ3) is 3.10. The van der Waals surface area contributed by atoms with Gasteiger partial charge in [0.25, 0.3) is 0 Å². The van der Waals surface area contributed by atoms with E-state index in [4.69, 9.17) is 0 Å². The van der Waals surface area contributed by atoms with E-state index in [-0.39, 0.29) is 17.4 Å². The van der Waals surface area contributed by atoms with Crippen molar-refractivity contribution in [3.63, 3.8) is 0 Å². The maximum atomic E-state index is 12.9. The van der Waals surface area contributed by atoms with Gasteiger partial charge in [-0.2, -0.15) is 0 Å². The molecule has 1 aromatic heterocycles. The summed E-state index contributed by atoms with van der Waals surface area (Å²) >= 11 is 1.61. The van der Waals surface area contributed by atoms with Gasteiger partial charge in [-0.1, -0.05) is 30.3 Å². The van der Waals surface area contributed by atoms with Crippen molar-refractivity contribution in [2.45, 2.75) is 24.8 Å². The number of piperidine rings is 2. The lowest BCUT2D eigenvalue weighted by molar-refractivity contribution is -0.123. The molecule has 0 spiro atoms. The molecule has 6 heteroatoms. The number of nitrogens with zero attached hydrogens (tertiary/aromatic N) is 3. The Balaban J connectivity index is 1.45. The molecule has 4 fully saturated rings. The number of rotatable bonds is 4. The van der Waals surface area contributed by atoms with Crippen LogP contribution in [0.2, 0.25) is 0 Å². The van der Waals surface area contributed by atoms with Gasteiger partial charge in [-0.15, -0.1) is 11.3 Å². The molecule has 4 aliphatic heterocycles. The average Bonchev–Trinajstić information content (AvgIpc) is 2.90. The van der Waals surface area contributed by atoms with Crippen molar-refractivity contribution >= 4 is 17.2 Å². The molecule has 4 aliphatic rings. The van der Waals surface area contributed by atoms with Crippen molar-refractivity contribution in [1.82, 2.24) is 20.1 Å². The molecule has 0 aliphatic carbocycles. The first-order valence-corrected chi connectivity index (χ1v) is 10.7. The lowest BCUT2D eigenvalue weighted by Gasteiger charge is -2.55. The number of fused-ring (bicyclic) bond motifs is 1. The number of nitrogens with one attached hydrogen (secondary N) is 1. The first-order chi connectivity index (χ1) is 13.1. The van der Waals surface area contributed by atoms with Crippen molar-refractivity contribution in [3.05, 3.63) is 52.0 Å². The monoisotopic (exact) mass is 382 g/mol. The Bertz CT molecular complexity index is 820. The van der Waals surface area contributed by atoms with Gasteiger partial charge in [-0.05, 0) is 12.5 Å². The highest BCUT2D eigenvalue weighted by molar-refractivity contribution is 7.09. The number of aryl methyl sites for hydroxylation is 1. The third-order valence-electron chi connectivity index (χ3n) is 6.47. The molecule has 2 aromatic rings. The lowest BCUT2D eigenvalue weighted by atomic mass is 9.64. The van der Waals surface area contributed by atoms with E-state index in [0.29, 0.717) is 12.3 Å². The summed E-state index contributed by atoms with van der Waals surface area (Å²) in [7, 11) is 0. The highest BCUT2D eigenvalue weighted by atomic mass is 32.1. The van der Waals surface area contributed by atoms with Gasteiger partial charge in [-0.25, -0.2) is 4.98 Å². The maximum absolute atomic E-state index is 12.9. The normalized spacial score (nSPS) is 34.4. The Kier molecular flexibility index (Phi) is 4.30. The molecule has 5 nitrogen and oxygen atoms in total. The molecule has 4 bridgehead atoms. The largest absolute Gasteiger partial charge is 0.352 e. The van der Waals surface area contributed by atoms with Crippen LogP contribution >= 0.6 is 11.3 Å². The quantitative estimate of drug-likeness (QED) is 0.874. The van der Waals surface area contributed by atoms with E-state index in [1.807, 2.05) is 12.3 Å². The second kappa shape index (κ2) is 6.69. The van der Waals surface area contributed by atoms with Crippen LogP contribution in [0.3, 0.4) is 0 Å². The van der Waals surface area contributed by atoms with Gasteiger partial charge in [0.05, 0.1) is 17.1 Å². The van der Waals surface area contributed by atoms with Crippen LogP contribution in [-0.4, -0.2) is 66.0 Å². The summed E-state index contributed by atoms with van der Waals surface area (Å²) in [6.45, 7) is 8.52. The smallest absolute Gasteiger partial charge is 0.226 e. The van der Waals surface area contributed by atoms with Gasteiger partial charge in [0.15, 0.2) is 0 Å². The highest BCUT2D eigenvalue weighted by Gasteiger charge is 2.55. The van der Waals surface area contributed by atoms with Crippen molar-refractivity contribution < 1.29 is 4.79 Å². The van der Waals surface area contributed by atoms with Gasteiger partial charge in [0.1, 0.15) is 0 Å². The number of hydrogen-bond donors (Lipinski definition) is 1. The zero-order chi connectivity index (χ0) is 18.4. The van der Waals surface area contributed by atoms with Crippen molar-refractivity contribution in [1.29, 1.82) is 0 Å². The summed E-state index contributed by atoms with van der Waals surface area (Å²) in [4.78, 5) is 22.6. The van der Waals surface area contributed by atoms with E-state index in [0.717, 1.165) is 50.0 Å². The van der Waals surface area contributed by atoms with Crippen molar-refractivity contribution in [2.75, 3.05) is 39.3 Å². The fourth-order valence-corrected chi connectivity index (χ4v) is 6.06. The Hall–Kier alpha value is -1.76. The van der Waals surface area contributed by atoms with Gasteiger partial charge in [-0.3, -0.25) is 4.79 Å². The van der Waals surface area contributed by atoms with Crippen LogP contribution in [0.5, 0.6) is 0 Å². The Labute approximate surface area is 164 Å². The molecule has 3 atom stereocenters. The summed E-state index contributed by atoms with van der Waals surface area (Å²) in [6, 6.07) is 11.0. The summed E-state index contributed by atoms with van der Waals surface area (Å²) < 4.78 is 0. The second-order valence-corrected chi connectivity index (χ2v) is 9.39. The third-order valence-corrected chi connectivity index (χ3v) is 7.29. The summed E-state index contributed by atoms with van der Waals surface area (Å²) in [5.41, 5.74) is 2.23. The fraction of sp³-hybridized carbons (Fsp3) is 0.524. The molecule has 3 unspecified atom stereocenters. The molecule has 1 N–H and O–H groups in total. The van der Waals surface area contributed by atoms with E-state index in [1.54, 1.807) is 11.3 Å². The van der Waals surface area contributed by atoms with E-state index in [1.165, 1.54) is 5.56 Å². The van der Waals surface area contributed by atoms with Crippen LogP contribution in [0.25, 0.3) is 0 Å². The molecule has 0 radical (unpaired) electrons. The molecule has 1 amide bonds. The molecule has 5 heterocycles. The summed E-state index contributed by atoms with van der Waals surface area (Å²) in [5, 5.41) is 6.48. The fourth-order valence-electron chi connectivity index (χ4n) is 5.45. The minimum atomic E-state index is -0.0213. The van der Waals surface area contributed by atoms with Crippen LogP contribution in [0.1, 0.15) is 16.3 Å². The van der Waals surface area contributed by atoms with E-state index >= 15 is 0 Å². The average molecular weight is 383 g/mol. The summed E-state index contributed by atoms with van der Waals surface area (Å²) in [5.74, 6) is 0.591. The number of hydrogen-bond acceptors (Lipinski definition) is 5. The number of amides is 1. The van der Waals surface area contributed by atoms with Gasteiger partial charge < -0.3 is 15.1 Å². The van der Waals surface area contributed by atoms with Crippen molar-refractivity contribution in [3.8, 4) is 0 Å². The number of aromatic nitrogens is 1. The highest BCUT2D eigenvalue weighted by Crippen LogP contribution is 2.43. The minimum absolute atomic E-state index is 0.0213. The second-order valence-electron chi connectivity index (χ2n) is 8.33. The zero-order valence-corrected chi connectivity index (χ0v) is 16.5. The lowest BCUT2D eigenvalue weighted by Crippen LogP contribution is -2.70. The topological polar surface area (TPSA) is 48.5 Å². The van der Waals surface area contributed by atoms with Crippen LogP contribution < -0.4 is 5.32 Å². The molecule has 6 rings (SSSR count). The van der Waals surface area contributed by atoms with Gasteiger partial charge >= 0.3 is 0 Å². The van der Waals surface area contributed by atoms with E-state index < -0.39 is 0 Å². The van der Waals surface area contributed by atoms with Gasteiger partial charge in [0.2, 0.25) is 5.91 Å². The van der Waals surface area contributed by atoms with Crippen LogP contribution in [-0.2, 0) is 16.6 Å². The van der Waals surface area contributed by atoms with Gasteiger partial charge in [0, 0.05) is 62.0 Å². The number of thiazole rings is 1. The van der Waals surface area contributed by atoms with Crippen LogP contribution in [0.15, 0.2) is 35.7 Å². The zero-order valence-electron chi connectivity index (χ0n) is 15.7. The maximum Gasteiger partial charge on any atom is 0.226 e. The number of benzene rings is 1. The van der Waals surface area contributed by atoms with Crippen molar-refractivity contribution in [2.24, 2.45) is 5.92 Å². The molecule has 1 aromatic carbocycles. The van der Waals surface area contributed by atoms with Crippen LogP contribution in [0, 0.1) is 12.8 Å². The molecule has 142 valence electrons. The SMILES string of the molecule is Cc1nc(CC(=O)NC2C3CN4CCN(C3)CC2(c2ccccc2)C4)cs1. The molecule has 4 saturated heterocycles. The molecule has 27 heavy (non-hydrogen) atoms. The van der Waals surface area contributed by atoms with Crippen LogP contribution in [0.4, 0.5) is 0 Å². The van der Waals surface area contributed by atoms with E-state index in [2.05, 4.69) is 50.4 Å². The van der Waals surface area contributed by atoms with E-state index in [9.17, 15) is 4.79 Å². The molecular formula is C21H26N4OS. The predicted octanol–water partition coefficient (Wildman–Crippen LogP) is 1.68. The number of carbonyl (C=O) groups excluding carboxylic acids is 1. The standard InChI is InChI=1S/C21H26N4OS/c1-15-22-18(12-27-15)9-19(26)23-20-16-10-24-7-8-25(11-16)14-21(20,13-24)17-5-3-2-4-6-17/h2-6,12,16,20H,7-11,13-14H2,1H3,(H,23,26).